The Labute approximate surface area is 188 Å². The predicted octanol–water partition coefficient (Wildman–Crippen LogP) is 3.87. The van der Waals surface area contributed by atoms with E-state index in [0.29, 0.717) is 17.2 Å². The molecule has 8 heteroatoms. The molecule has 0 atom stereocenters. The Morgan fingerprint density at radius 3 is 2.53 bits per heavy atom. The lowest BCUT2D eigenvalue weighted by Gasteiger charge is -2.39. The van der Waals surface area contributed by atoms with Crippen LogP contribution in [0.4, 0.5) is 10.5 Å². The van der Waals surface area contributed by atoms with Crippen molar-refractivity contribution in [2.45, 2.75) is 39.3 Å². The molecule has 2 aliphatic heterocycles. The molecule has 2 aliphatic rings. The number of hydrogen-bond acceptors (Lipinski definition) is 6. The fourth-order valence-electron chi connectivity index (χ4n) is 4.68. The summed E-state index contributed by atoms with van der Waals surface area (Å²) in [5, 5.41) is 2.98. The first-order chi connectivity index (χ1) is 15.5. The summed E-state index contributed by atoms with van der Waals surface area (Å²) in [5.74, 6) is 1.90. The standard InChI is InChI=1S/C24H31N3O5/c1-18(28)31-16-20-8-7-19(32-20)15-26-12-9-24(17-26)10-13-27(14-11-24)23(29)25-21-5-3-4-6-22(21)30-2/h3-8H,9-17H2,1-2H3,(H,25,29). The second-order valence-corrected chi connectivity index (χ2v) is 8.73. The number of furan rings is 1. The Morgan fingerprint density at radius 2 is 1.78 bits per heavy atom. The van der Waals surface area contributed by atoms with Gasteiger partial charge in [0.1, 0.15) is 23.9 Å². The largest absolute Gasteiger partial charge is 0.495 e. The van der Waals surface area contributed by atoms with Crippen LogP contribution in [0.15, 0.2) is 40.8 Å². The first-order valence-electron chi connectivity index (χ1n) is 11.1. The number of nitrogens with zero attached hydrogens (tertiary/aromatic N) is 2. The van der Waals surface area contributed by atoms with E-state index in [2.05, 4.69) is 10.2 Å². The summed E-state index contributed by atoms with van der Waals surface area (Å²) >= 11 is 0. The number of hydrogen-bond donors (Lipinski definition) is 1. The molecule has 2 saturated heterocycles. The lowest BCUT2D eigenvalue weighted by molar-refractivity contribution is -0.142. The third kappa shape index (κ3) is 5.24. The van der Waals surface area contributed by atoms with Crippen LogP contribution >= 0.6 is 0 Å². The van der Waals surface area contributed by atoms with Crippen molar-refractivity contribution in [3.8, 4) is 5.75 Å². The number of benzene rings is 1. The summed E-state index contributed by atoms with van der Waals surface area (Å²) in [5.41, 5.74) is 0.952. The third-order valence-electron chi connectivity index (χ3n) is 6.49. The first kappa shape index (κ1) is 22.2. The van der Waals surface area contributed by atoms with Gasteiger partial charge in [-0.2, -0.15) is 0 Å². The molecule has 2 amide bonds. The Morgan fingerprint density at radius 1 is 1.06 bits per heavy atom. The van der Waals surface area contributed by atoms with Crippen molar-refractivity contribution in [1.29, 1.82) is 0 Å². The molecule has 0 bridgehead atoms. The Balaban J connectivity index is 1.26. The van der Waals surface area contributed by atoms with Gasteiger partial charge in [0.05, 0.1) is 19.3 Å². The number of methoxy groups -OCH3 is 1. The third-order valence-corrected chi connectivity index (χ3v) is 6.49. The predicted molar refractivity (Wildman–Crippen MR) is 119 cm³/mol. The summed E-state index contributed by atoms with van der Waals surface area (Å²) in [6.45, 7) is 5.85. The van der Waals surface area contributed by atoms with E-state index in [-0.39, 0.29) is 24.0 Å². The molecule has 0 saturated carbocycles. The lowest BCUT2D eigenvalue weighted by Crippen LogP contribution is -2.45. The molecule has 0 unspecified atom stereocenters. The highest BCUT2D eigenvalue weighted by atomic mass is 16.5. The van der Waals surface area contributed by atoms with Gasteiger partial charge < -0.3 is 24.1 Å². The normalized spacial score (nSPS) is 18.0. The second kappa shape index (κ2) is 9.65. The van der Waals surface area contributed by atoms with Gasteiger partial charge in [0.15, 0.2) is 0 Å². The maximum Gasteiger partial charge on any atom is 0.321 e. The zero-order valence-electron chi connectivity index (χ0n) is 18.8. The minimum atomic E-state index is -0.313. The second-order valence-electron chi connectivity index (χ2n) is 8.73. The molecule has 2 aromatic rings. The van der Waals surface area contributed by atoms with Crippen LogP contribution < -0.4 is 10.1 Å². The van der Waals surface area contributed by atoms with Crippen LogP contribution in [0.25, 0.3) is 0 Å². The molecule has 4 rings (SSSR count). The van der Waals surface area contributed by atoms with Gasteiger partial charge in [0, 0.05) is 26.6 Å². The van der Waals surface area contributed by atoms with E-state index in [9.17, 15) is 9.59 Å². The molecule has 3 heterocycles. The van der Waals surface area contributed by atoms with E-state index in [4.69, 9.17) is 13.9 Å². The van der Waals surface area contributed by atoms with Gasteiger partial charge in [-0.3, -0.25) is 9.69 Å². The number of para-hydroxylation sites is 2. The molecule has 32 heavy (non-hydrogen) atoms. The van der Waals surface area contributed by atoms with Gasteiger partial charge in [0.2, 0.25) is 0 Å². The van der Waals surface area contributed by atoms with Gasteiger partial charge in [-0.05, 0) is 55.5 Å². The van der Waals surface area contributed by atoms with E-state index < -0.39 is 0 Å². The van der Waals surface area contributed by atoms with Crippen molar-refractivity contribution in [2.24, 2.45) is 5.41 Å². The summed E-state index contributed by atoms with van der Waals surface area (Å²) in [7, 11) is 1.60. The quantitative estimate of drug-likeness (QED) is 0.685. The fraction of sp³-hybridized carbons (Fsp3) is 0.500. The highest BCUT2D eigenvalue weighted by Crippen LogP contribution is 2.41. The molecule has 1 spiro atoms. The number of carbonyl (C=O) groups excluding carboxylic acids is 2. The van der Waals surface area contributed by atoms with Crippen LogP contribution in [0.2, 0.25) is 0 Å². The minimum Gasteiger partial charge on any atom is -0.495 e. The lowest BCUT2D eigenvalue weighted by atomic mass is 9.78. The fourth-order valence-corrected chi connectivity index (χ4v) is 4.68. The van der Waals surface area contributed by atoms with Crippen LogP contribution in [0, 0.1) is 5.41 Å². The Kier molecular flexibility index (Phi) is 6.69. The maximum atomic E-state index is 12.7. The van der Waals surface area contributed by atoms with Crippen LogP contribution in [0.5, 0.6) is 5.75 Å². The Bertz CT molecular complexity index is 949. The van der Waals surface area contributed by atoms with Crippen LogP contribution in [0.1, 0.15) is 37.7 Å². The van der Waals surface area contributed by atoms with Crippen molar-refractivity contribution in [1.82, 2.24) is 9.80 Å². The summed E-state index contributed by atoms with van der Waals surface area (Å²) in [4.78, 5) is 28.0. The molecule has 0 radical (unpaired) electrons. The van der Waals surface area contributed by atoms with Gasteiger partial charge in [-0.1, -0.05) is 12.1 Å². The molecular weight excluding hydrogens is 410 g/mol. The number of likely N-dealkylation sites (tertiary alicyclic amines) is 2. The Hall–Kier alpha value is -3.00. The summed E-state index contributed by atoms with van der Waals surface area (Å²) < 4.78 is 16.1. The summed E-state index contributed by atoms with van der Waals surface area (Å²) in [6.07, 6.45) is 3.13. The van der Waals surface area contributed by atoms with Gasteiger partial charge in [-0.25, -0.2) is 4.79 Å². The van der Waals surface area contributed by atoms with E-state index in [0.717, 1.165) is 57.7 Å². The van der Waals surface area contributed by atoms with E-state index in [1.807, 2.05) is 41.3 Å². The average Bonchev–Trinajstić information content (AvgIpc) is 3.40. The maximum absolute atomic E-state index is 12.7. The number of anilines is 1. The van der Waals surface area contributed by atoms with Crippen LogP contribution in [0.3, 0.4) is 0 Å². The highest BCUT2D eigenvalue weighted by Gasteiger charge is 2.41. The molecular formula is C24H31N3O5. The molecule has 0 aliphatic carbocycles. The zero-order chi connectivity index (χ0) is 22.6. The first-order valence-corrected chi connectivity index (χ1v) is 11.1. The molecule has 2 fully saturated rings. The smallest absolute Gasteiger partial charge is 0.321 e. The SMILES string of the molecule is COc1ccccc1NC(=O)N1CCC2(CCN(Cc3ccc(COC(C)=O)o3)C2)CC1. The molecule has 8 nitrogen and oxygen atoms in total. The van der Waals surface area contributed by atoms with E-state index in [1.54, 1.807) is 7.11 Å². The minimum absolute atomic E-state index is 0.0740. The number of piperidine rings is 1. The number of rotatable bonds is 6. The zero-order valence-corrected chi connectivity index (χ0v) is 18.8. The number of esters is 1. The van der Waals surface area contributed by atoms with E-state index >= 15 is 0 Å². The van der Waals surface area contributed by atoms with Crippen molar-refractivity contribution >= 4 is 17.7 Å². The van der Waals surface area contributed by atoms with Crippen LogP contribution in [-0.4, -0.2) is 55.1 Å². The van der Waals surface area contributed by atoms with Gasteiger partial charge >= 0.3 is 12.0 Å². The van der Waals surface area contributed by atoms with Crippen molar-refractivity contribution in [3.05, 3.63) is 47.9 Å². The molecule has 1 N–H and O–H groups in total. The van der Waals surface area contributed by atoms with Crippen molar-refractivity contribution in [2.75, 3.05) is 38.6 Å². The monoisotopic (exact) mass is 441 g/mol. The molecule has 1 aromatic carbocycles. The average molecular weight is 442 g/mol. The van der Waals surface area contributed by atoms with Crippen molar-refractivity contribution < 1.29 is 23.5 Å². The summed E-state index contributed by atoms with van der Waals surface area (Å²) in [6, 6.07) is 11.2. The number of urea groups is 1. The van der Waals surface area contributed by atoms with Gasteiger partial charge in [-0.15, -0.1) is 0 Å². The number of ether oxygens (including phenoxy) is 2. The van der Waals surface area contributed by atoms with Crippen molar-refractivity contribution in [3.63, 3.8) is 0 Å². The highest BCUT2D eigenvalue weighted by molar-refractivity contribution is 5.91. The molecule has 1 aromatic heterocycles. The number of nitrogens with one attached hydrogen (secondary N) is 1. The van der Waals surface area contributed by atoms with Gasteiger partial charge in [0.25, 0.3) is 0 Å². The molecule has 172 valence electrons. The topological polar surface area (TPSA) is 84.3 Å². The van der Waals surface area contributed by atoms with E-state index in [1.165, 1.54) is 6.92 Å². The number of amides is 2. The van der Waals surface area contributed by atoms with Crippen LogP contribution in [-0.2, 0) is 22.7 Å². The number of carbonyl (C=O) groups is 2.